The molecule has 0 bridgehead atoms. The lowest BCUT2D eigenvalue weighted by Gasteiger charge is -2.08. The van der Waals surface area contributed by atoms with Gasteiger partial charge >= 0.3 is 0 Å². The van der Waals surface area contributed by atoms with E-state index >= 15 is 0 Å². The number of carbonyl (C=O) groups is 1. The van der Waals surface area contributed by atoms with Crippen LogP contribution in [-0.4, -0.2) is 51.0 Å². The fourth-order valence-corrected chi connectivity index (χ4v) is 1.38. The lowest BCUT2D eigenvalue weighted by atomic mass is 10.1. The highest BCUT2D eigenvalue weighted by atomic mass is 16.5. The monoisotopic (exact) mass is 246 g/mol. The zero-order chi connectivity index (χ0) is 12.9. The second-order valence-corrected chi connectivity index (χ2v) is 4.30. The van der Waals surface area contributed by atoms with E-state index in [2.05, 4.69) is 10.6 Å². The van der Waals surface area contributed by atoms with Crippen LogP contribution in [-0.2, 0) is 9.53 Å². The average Bonchev–Trinajstić information content (AvgIpc) is 2.34. The summed E-state index contributed by atoms with van der Waals surface area (Å²) >= 11 is 0. The van der Waals surface area contributed by atoms with Crippen LogP contribution in [0.5, 0.6) is 0 Å². The molecular formula is C12H26N2O3. The van der Waals surface area contributed by atoms with Crippen LogP contribution in [0.25, 0.3) is 0 Å². The number of ether oxygens (including phenoxy) is 1. The van der Waals surface area contributed by atoms with Gasteiger partial charge in [0, 0.05) is 26.9 Å². The minimum absolute atomic E-state index is 0.0244. The molecule has 5 nitrogen and oxygen atoms in total. The molecule has 0 rings (SSSR count). The number of hydrogen-bond acceptors (Lipinski definition) is 4. The highest BCUT2D eigenvalue weighted by molar-refractivity contribution is 5.77. The van der Waals surface area contributed by atoms with Crippen molar-refractivity contribution in [1.82, 2.24) is 10.6 Å². The summed E-state index contributed by atoms with van der Waals surface area (Å²) in [7, 11) is 1.65. The van der Waals surface area contributed by atoms with Crippen molar-refractivity contribution in [3.63, 3.8) is 0 Å². The molecular weight excluding hydrogens is 220 g/mol. The van der Waals surface area contributed by atoms with Gasteiger partial charge in [-0.1, -0.05) is 6.92 Å². The molecule has 17 heavy (non-hydrogen) atoms. The Hall–Kier alpha value is -0.650. The molecule has 1 amide bonds. The molecule has 102 valence electrons. The fraction of sp³-hybridized carbons (Fsp3) is 0.917. The van der Waals surface area contributed by atoms with Gasteiger partial charge < -0.3 is 20.5 Å². The minimum atomic E-state index is 0.0244. The van der Waals surface area contributed by atoms with E-state index in [-0.39, 0.29) is 12.5 Å². The predicted molar refractivity (Wildman–Crippen MR) is 67.9 cm³/mol. The summed E-state index contributed by atoms with van der Waals surface area (Å²) in [6.45, 7) is 4.77. The maximum Gasteiger partial charge on any atom is 0.233 e. The minimum Gasteiger partial charge on any atom is -0.396 e. The molecule has 0 aliphatic rings. The summed E-state index contributed by atoms with van der Waals surface area (Å²) in [6, 6.07) is 0. The van der Waals surface area contributed by atoms with Crippen LogP contribution in [0.3, 0.4) is 0 Å². The third-order valence-electron chi connectivity index (χ3n) is 2.50. The highest BCUT2D eigenvalue weighted by Crippen LogP contribution is 2.02. The van der Waals surface area contributed by atoms with Gasteiger partial charge in [0.2, 0.25) is 5.91 Å². The molecule has 0 spiro atoms. The molecule has 0 aromatic rings. The molecule has 0 aromatic carbocycles. The van der Waals surface area contributed by atoms with Gasteiger partial charge in [-0.15, -0.1) is 0 Å². The second-order valence-electron chi connectivity index (χ2n) is 4.30. The number of rotatable bonds is 11. The van der Waals surface area contributed by atoms with E-state index in [4.69, 9.17) is 9.84 Å². The number of hydrogen-bond donors (Lipinski definition) is 3. The second kappa shape index (κ2) is 11.8. The zero-order valence-corrected chi connectivity index (χ0v) is 11.0. The van der Waals surface area contributed by atoms with Crippen molar-refractivity contribution in [1.29, 1.82) is 0 Å². The molecule has 0 aliphatic carbocycles. The fourth-order valence-electron chi connectivity index (χ4n) is 1.38. The summed E-state index contributed by atoms with van der Waals surface area (Å²) in [5.74, 6) is 0.371. The van der Waals surface area contributed by atoms with Crippen LogP contribution in [0.2, 0.25) is 0 Å². The van der Waals surface area contributed by atoms with Gasteiger partial charge in [0.25, 0.3) is 0 Å². The summed E-state index contributed by atoms with van der Waals surface area (Å²) in [5, 5.41) is 14.7. The SMILES string of the molecule is COCCCNC(=O)CNCCCC(C)CO. The van der Waals surface area contributed by atoms with Crippen molar-refractivity contribution < 1.29 is 14.6 Å². The average molecular weight is 246 g/mol. The largest absolute Gasteiger partial charge is 0.396 e. The van der Waals surface area contributed by atoms with Gasteiger partial charge in [0.15, 0.2) is 0 Å². The first-order chi connectivity index (χ1) is 8.20. The first kappa shape index (κ1) is 16.4. The number of amides is 1. The lowest BCUT2D eigenvalue weighted by Crippen LogP contribution is -2.35. The van der Waals surface area contributed by atoms with E-state index in [9.17, 15) is 4.79 Å². The Balaban J connectivity index is 3.22. The smallest absolute Gasteiger partial charge is 0.233 e. The van der Waals surface area contributed by atoms with Gasteiger partial charge in [-0.2, -0.15) is 0 Å². The molecule has 0 aromatic heterocycles. The molecule has 1 atom stereocenters. The first-order valence-electron chi connectivity index (χ1n) is 6.28. The molecule has 0 fully saturated rings. The summed E-state index contributed by atoms with van der Waals surface area (Å²) < 4.78 is 4.88. The normalized spacial score (nSPS) is 12.4. The Kier molecular flexibility index (Phi) is 11.4. The van der Waals surface area contributed by atoms with Crippen molar-refractivity contribution in [3.8, 4) is 0 Å². The van der Waals surface area contributed by atoms with Crippen LogP contribution in [0, 0.1) is 5.92 Å². The van der Waals surface area contributed by atoms with Crippen molar-refractivity contribution >= 4 is 5.91 Å². The van der Waals surface area contributed by atoms with E-state index in [1.807, 2.05) is 6.92 Å². The topological polar surface area (TPSA) is 70.6 Å². The van der Waals surface area contributed by atoms with E-state index in [0.717, 1.165) is 25.8 Å². The quantitative estimate of drug-likeness (QED) is 0.453. The molecule has 0 aliphatic heterocycles. The van der Waals surface area contributed by atoms with E-state index in [0.29, 0.717) is 25.6 Å². The van der Waals surface area contributed by atoms with Gasteiger partial charge in [0.1, 0.15) is 0 Å². The molecule has 5 heteroatoms. The van der Waals surface area contributed by atoms with Crippen LogP contribution >= 0.6 is 0 Å². The van der Waals surface area contributed by atoms with Gasteiger partial charge in [-0.3, -0.25) is 4.79 Å². The van der Waals surface area contributed by atoms with Gasteiger partial charge in [-0.05, 0) is 31.7 Å². The van der Waals surface area contributed by atoms with Gasteiger partial charge in [0.05, 0.1) is 6.54 Å². The maximum absolute atomic E-state index is 11.3. The summed E-state index contributed by atoms with van der Waals surface area (Å²) in [5.41, 5.74) is 0. The predicted octanol–water partition coefficient (Wildman–Crippen LogP) is 0.137. The van der Waals surface area contributed by atoms with Crippen molar-refractivity contribution in [2.75, 3.05) is 40.0 Å². The molecule has 0 saturated carbocycles. The molecule has 0 radical (unpaired) electrons. The van der Waals surface area contributed by atoms with E-state index in [1.165, 1.54) is 0 Å². The molecule has 0 heterocycles. The van der Waals surface area contributed by atoms with Crippen molar-refractivity contribution in [2.45, 2.75) is 26.2 Å². The maximum atomic E-state index is 11.3. The first-order valence-corrected chi connectivity index (χ1v) is 6.28. The van der Waals surface area contributed by atoms with Gasteiger partial charge in [-0.25, -0.2) is 0 Å². The Bertz CT molecular complexity index is 189. The Morgan fingerprint density at radius 1 is 1.35 bits per heavy atom. The van der Waals surface area contributed by atoms with E-state index < -0.39 is 0 Å². The van der Waals surface area contributed by atoms with E-state index in [1.54, 1.807) is 7.11 Å². The van der Waals surface area contributed by atoms with Crippen LogP contribution < -0.4 is 10.6 Å². The van der Waals surface area contributed by atoms with Crippen molar-refractivity contribution in [2.24, 2.45) is 5.92 Å². The number of nitrogens with one attached hydrogen (secondary N) is 2. The number of methoxy groups -OCH3 is 1. The van der Waals surface area contributed by atoms with Crippen LogP contribution in [0.15, 0.2) is 0 Å². The standard InChI is InChI=1S/C12H26N2O3/c1-11(10-15)5-3-6-13-9-12(16)14-7-4-8-17-2/h11,13,15H,3-10H2,1-2H3,(H,14,16). The van der Waals surface area contributed by atoms with Crippen molar-refractivity contribution in [3.05, 3.63) is 0 Å². The molecule has 0 saturated heterocycles. The zero-order valence-electron chi connectivity index (χ0n) is 11.0. The number of aliphatic hydroxyl groups excluding tert-OH is 1. The number of aliphatic hydroxyl groups is 1. The lowest BCUT2D eigenvalue weighted by molar-refractivity contribution is -0.120. The molecule has 3 N–H and O–H groups in total. The Labute approximate surface area is 104 Å². The van der Waals surface area contributed by atoms with Crippen LogP contribution in [0.4, 0.5) is 0 Å². The highest BCUT2D eigenvalue weighted by Gasteiger charge is 2.01. The Morgan fingerprint density at radius 3 is 2.76 bits per heavy atom. The summed E-state index contributed by atoms with van der Waals surface area (Å²) in [4.78, 5) is 11.3. The number of carbonyl (C=O) groups excluding carboxylic acids is 1. The summed E-state index contributed by atoms with van der Waals surface area (Å²) in [6.07, 6.45) is 2.81. The van der Waals surface area contributed by atoms with Crippen LogP contribution in [0.1, 0.15) is 26.2 Å². The Morgan fingerprint density at radius 2 is 2.12 bits per heavy atom. The molecule has 1 unspecified atom stereocenters. The third-order valence-corrected chi connectivity index (χ3v) is 2.50. The third kappa shape index (κ3) is 11.6.